The SMILES string of the molecule is CN(C)CC(=O)Nc1cncc(-c2cnc3n[nH]c(-c4cc5c(-c6cc(F)cc(CNS(C)(=O)=O)c6)cccc5[nH]4)c3c2)c1. The molecule has 11 nitrogen and oxygen atoms in total. The highest BCUT2D eigenvalue weighted by atomic mass is 32.2. The number of pyridine rings is 2. The summed E-state index contributed by atoms with van der Waals surface area (Å²) in [5.74, 6) is -0.604. The molecule has 2 aromatic carbocycles. The molecule has 0 aliphatic carbocycles. The van der Waals surface area contributed by atoms with Gasteiger partial charge in [0.25, 0.3) is 0 Å². The molecule has 0 atom stereocenters. The number of nitrogens with one attached hydrogen (secondary N) is 4. The second kappa shape index (κ2) is 11.6. The van der Waals surface area contributed by atoms with Crippen LogP contribution >= 0.6 is 0 Å². The van der Waals surface area contributed by atoms with Gasteiger partial charge in [0.2, 0.25) is 15.9 Å². The van der Waals surface area contributed by atoms with Crippen LogP contribution in [-0.4, -0.2) is 71.3 Å². The predicted molar refractivity (Wildman–Crippen MR) is 169 cm³/mol. The Morgan fingerprint density at radius 1 is 0.977 bits per heavy atom. The van der Waals surface area contributed by atoms with Gasteiger partial charge in [0.15, 0.2) is 5.65 Å². The maximum Gasteiger partial charge on any atom is 0.238 e. The van der Waals surface area contributed by atoms with Crippen LogP contribution in [-0.2, 0) is 21.4 Å². The van der Waals surface area contributed by atoms with Gasteiger partial charge in [-0.2, -0.15) is 5.10 Å². The lowest BCUT2D eigenvalue weighted by atomic mass is 9.99. The highest BCUT2D eigenvalue weighted by Gasteiger charge is 2.16. The van der Waals surface area contributed by atoms with Gasteiger partial charge in [-0.05, 0) is 73.3 Å². The first kappa shape index (κ1) is 29.1. The fraction of sp³-hybridized carbons (Fsp3) is 0.161. The fourth-order valence-electron chi connectivity index (χ4n) is 5.08. The average Bonchev–Trinajstić information content (AvgIpc) is 3.59. The molecule has 4 heterocycles. The third-order valence-corrected chi connectivity index (χ3v) is 7.63. The number of rotatable bonds is 9. The number of benzene rings is 2. The smallest absolute Gasteiger partial charge is 0.238 e. The Kier molecular flexibility index (Phi) is 7.67. The number of anilines is 1. The molecule has 1 amide bonds. The van der Waals surface area contributed by atoms with Gasteiger partial charge in [-0.25, -0.2) is 22.5 Å². The van der Waals surface area contributed by atoms with Crippen LogP contribution in [0, 0.1) is 5.82 Å². The molecule has 0 aliphatic rings. The largest absolute Gasteiger partial charge is 0.353 e. The maximum absolute atomic E-state index is 14.6. The molecule has 4 N–H and O–H groups in total. The van der Waals surface area contributed by atoms with Gasteiger partial charge in [0, 0.05) is 46.4 Å². The molecule has 0 radical (unpaired) electrons. The van der Waals surface area contributed by atoms with Gasteiger partial charge >= 0.3 is 0 Å². The Morgan fingerprint density at radius 3 is 2.59 bits per heavy atom. The molecule has 0 fully saturated rings. The Balaban J connectivity index is 1.36. The molecule has 0 aliphatic heterocycles. The number of aromatic amines is 2. The van der Waals surface area contributed by atoms with E-state index in [9.17, 15) is 17.6 Å². The topological polar surface area (TPSA) is 149 Å². The van der Waals surface area contributed by atoms with Crippen molar-refractivity contribution in [1.82, 2.24) is 34.8 Å². The van der Waals surface area contributed by atoms with E-state index in [1.54, 1.807) is 29.6 Å². The Morgan fingerprint density at radius 2 is 1.80 bits per heavy atom. The van der Waals surface area contributed by atoms with Gasteiger partial charge in [0.1, 0.15) is 5.82 Å². The molecule has 224 valence electrons. The number of aromatic nitrogens is 5. The van der Waals surface area contributed by atoms with Crippen LogP contribution in [0.3, 0.4) is 0 Å². The van der Waals surface area contributed by atoms with Gasteiger partial charge in [-0.1, -0.05) is 12.1 Å². The van der Waals surface area contributed by atoms with E-state index in [2.05, 4.69) is 35.2 Å². The number of H-pyrrole nitrogens is 2. The summed E-state index contributed by atoms with van der Waals surface area (Å²) in [4.78, 5) is 26.3. The fourth-order valence-corrected chi connectivity index (χ4v) is 5.51. The minimum absolute atomic E-state index is 0.0195. The molecular formula is C31H29FN8O3S. The van der Waals surface area contributed by atoms with E-state index in [-0.39, 0.29) is 19.0 Å². The number of halogens is 1. The molecule has 0 unspecified atom stereocenters. The molecule has 13 heteroatoms. The van der Waals surface area contributed by atoms with Crippen molar-refractivity contribution in [3.8, 4) is 33.6 Å². The number of carbonyl (C=O) groups excluding carboxylic acids is 1. The summed E-state index contributed by atoms with van der Waals surface area (Å²) in [6, 6.07) is 16.0. The van der Waals surface area contributed by atoms with Gasteiger partial charge in [-0.3, -0.25) is 14.9 Å². The summed E-state index contributed by atoms with van der Waals surface area (Å²) in [5, 5.41) is 12.0. The summed E-state index contributed by atoms with van der Waals surface area (Å²) < 4.78 is 40.2. The van der Waals surface area contributed by atoms with Crippen molar-refractivity contribution in [2.24, 2.45) is 0 Å². The Bertz CT molecular complexity index is 2140. The minimum Gasteiger partial charge on any atom is -0.353 e. The molecule has 6 aromatic rings. The predicted octanol–water partition coefficient (Wildman–Crippen LogP) is 4.52. The number of hydrogen-bond acceptors (Lipinski definition) is 7. The number of nitrogens with zero attached hydrogens (tertiary/aromatic N) is 4. The Labute approximate surface area is 252 Å². The van der Waals surface area contributed by atoms with Crippen molar-refractivity contribution < 1.29 is 17.6 Å². The van der Waals surface area contributed by atoms with Crippen molar-refractivity contribution >= 4 is 43.6 Å². The number of fused-ring (bicyclic) bond motifs is 2. The number of carbonyl (C=O) groups is 1. The van der Waals surface area contributed by atoms with Gasteiger partial charge < -0.3 is 15.2 Å². The third kappa shape index (κ3) is 6.34. The molecular weight excluding hydrogens is 583 g/mol. The van der Waals surface area contributed by atoms with Gasteiger partial charge in [-0.15, -0.1) is 0 Å². The number of amides is 1. The van der Waals surface area contributed by atoms with E-state index in [1.807, 2.05) is 50.5 Å². The lowest BCUT2D eigenvalue weighted by Crippen LogP contribution is -2.27. The summed E-state index contributed by atoms with van der Waals surface area (Å²) in [5.41, 5.74) is 6.90. The summed E-state index contributed by atoms with van der Waals surface area (Å²) in [7, 11) is 0.217. The average molecular weight is 613 g/mol. The standard InChI is InChI=1S/C31H29FN8O3S/c1-40(2)17-29(41)36-23-10-20(14-33-16-23)21-11-26-30(38-39-31(26)34-15-21)28-12-25-24(5-4-6-27(25)37-28)19-7-18(8-22(32)9-19)13-35-44(3,42)43/h4-12,14-16,35,37H,13,17H2,1-3H3,(H,36,41)(H,34,38,39). The number of hydrogen-bond donors (Lipinski definition) is 4. The quantitative estimate of drug-likeness (QED) is 0.188. The van der Waals surface area contributed by atoms with Crippen molar-refractivity contribution in [3.05, 3.63) is 84.6 Å². The lowest BCUT2D eigenvalue weighted by molar-refractivity contribution is -0.116. The van der Waals surface area contributed by atoms with Crippen LogP contribution in [0.5, 0.6) is 0 Å². The molecule has 0 bridgehead atoms. The summed E-state index contributed by atoms with van der Waals surface area (Å²) >= 11 is 0. The maximum atomic E-state index is 14.6. The zero-order chi connectivity index (χ0) is 31.0. The van der Waals surface area contributed by atoms with E-state index < -0.39 is 15.8 Å². The highest BCUT2D eigenvalue weighted by molar-refractivity contribution is 7.88. The zero-order valence-electron chi connectivity index (χ0n) is 24.1. The zero-order valence-corrected chi connectivity index (χ0v) is 25.0. The molecule has 44 heavy (non-hydrogen) atoms. The van der Waals surface area contributed by atoms with Crippen LogP contribution in [0.1, 0.15) is 5.56 Å². The van der Waals surface area contributed by atoms with E-state index in [4.69, 9.17) is 0 Å². The van der Waals surface area contributed by atoms with E-state index in [1.165, 1.54) is 12.1 Å². The minimum atomic E-state index is -3.43. The molecule has 0 spiro atoms. The van der Waals surface area contributed by atoms with Crippen LogP contribution in [0.2, 0.25) is 0 Å². The van der Waals surface area contributed by atoms with Crippen molar-refractivity contribution in [2.75, 3.05) is 32.2 Å². The number of sulfonamides is 1. The Hall–Kier alpha value is -4.98. The van der Waals surface area contributed by atoms with E-state index in [0.717, 1.165) is 50.6 Å². The number of likely N-dealkylation sites (N-methyl/N-ethyl adjacent to an activating group) is 1. The van der Waals surface area contributed by atoms with Gasteiger partial charge in [0.05, 0.1) is 36.1 Å². The molecule has 0 saturated heterocycles. The van der Waals surface area contributed by atoms with Crippen molar-refractivity contribution in [2.45, 2.75) is 6.54 Å². The van der Waals surface area contributed by atoms with Crippen LogP contribution in [0.15, 0.2) is 73.2 Å². The highest BCUT2D eigenvalue weighted by Crippen LogP contribution is 2.35. The van der Waals surface area contributed by atoms with Crippen molar-refractivity contribution in [1.29, 1.82) is 0 Å². The molecule has 0 saturated carbocycles. The lowest BCUT2D eigenvalue weighted by Gasteiger charge is -2.10. The van der Waals surface area contributed by atoms with Crippen LogP contribution in [0.4, 0.5) is 10.1 Å². The van der Waals surface area contributed by atoms with Crippen LogP contribution < -0.4 is 10.0 Å². The molecule has 6 rings (SSSR count). The molecule has 4 aromatic heterocycles. The van der Waals surface area contributed by atoms with Crippen molar-refractivity contribution in [3.63, 3.8) is 0 Å². The summed E-state index contributed by atoms with van der Waals surface area (Å²) in [6.07, 6.45) is 6.07. The first-order valence-electron chi connectivity index (χ1n) is 13.6. The normalized spacial score (nSPS) is 11.9. The second-order valence-corrected chi connectivity index (χ2v) is 12.7. The third-order valence-electron chi connectivity index (χ3n) is 6.97. The van der Waals surface area contributed by atoms with E-state index >= 15 is 0 Å². The monoisotopic (exact) mass is 612 g/mol. The second-order valence-electron chi connectivity index (χ2n) is 10.8. The summed E-state index contributed by atoms with van der Waals surface area (Å²) in [6.45, 7) is 0.234. The van der Waals surface area contributed by atoms with Crippen LogP contribution in [0.25, 0.3) is 55.6 Å². The first-order valence-corrected chi connectivity index (χ1v) is 15.5. The van der Waals surface area contributed by atoms with E-state index in [0.29, 0.717) is 22.5 Å². The first-order chi connectivity index (χ1) is 21.0.